The Kier molecular flexibility index (Phi) is 4.17. The number of hydrogen-bond donors (Lipinski definition) is 1. The second kappa shape index (κ2) is 6.24. The van der Waals surface area contributed by atoms with Crippen LogP contribution in [0, 0.1) is 0 Å². The fraction of sp³-hybridized carbons (Fsp3) is 0.333. The molecule has 5 nitrogen and oxygen atoms in total. The Morgan fingerprint density at radius 2 is 2.10 bits per heavy atom. The third-order valence-electron chi connectivity index (χ3n) is 3.46. The van der Waals surface area contributed by atoms with E-state index >= 15 is 0 Å². The fourth-order valence-corrected chi connectivity index (χ4v) is 3.17. The summed E-state index contributed by atoms with van der Waals surface area (Å²) in [4.78, 5) is 18.7. The quantitative estimate of drug-likeness (QED) is 0.940. The van der Waals surface area contributed by atoms with Crippen molar-refractivity contribution in [3.63, 3.8) is 0 Å². The number of aromatic nitrogens is 1. The van der Waals surface area contributed by atoms with Crippen molar-refractivity contribution in [2.75, 3.05) is 33.3 Å². The SMILES string of the molecule is COc1ccccc1-c1nc(C(=O)N2CCNCC2)cs1. The molecular formula is C15H17N3O2S. The lowest BCUT2D eigenvalue weighted by Crippen LogP contribution is -2.46. The molecule has 0 bridgehead atoms. The van der Waals surface area contributed by atoms with Crippen molar-refractivity contribution in [2.45, 2.75) is 0 Å². The lowest BCUT2D eigenvalue weighted by Gasteiger charge is -2.26. The molecule has 1 aromatic carbocycles. The first-order valence-corrected chi connectivity index (χ1v) is 7.76. The number of rotatable bonds is 3. The van der Waals surface area contributed by atoms with Crippen LogP contribution in [0.1, 0.15) is 10.5 Å². The molecule has 3 rings (SSSR count). The van der Waals surface area contributed by atoms with Crippen LogP contribution in [0.4, 0.5) is 0 Å². The van der Waals surface area contributed by atoms with Crippen LogP contribution < -0.4 is 10.1 Å². The van der Waals surface area contributed by atoms with Crippen LogP contribution >= 0.6 is 11.3 Å². The molecule has 1 N–H and O–H groups in total. The standard InChI is InChI=1S/C15H17N3O2S/c1-20-13-5-3-2-4-11(13)14-17-12(10-21-14)15(19)18-8-6-16-7-9-18/h2-5,10,16H,6-9H2,1H3. The maximum absolute atomic E-state index is 12.4. The van der Waals surface area contributed by atoms with Crippen LogP contribution in [0.15, 0.2) is 29.6 Å². The number of carbonyl (C=O) groups excluding carboxylic acids is 1. The van der Waals surface area contributed by atoms with Gasteiger partial charge in [0.2, 0.25) is 0 Å². The number of nitrogens with one attached hydrogen (secondary N) is 1. The second-order valence-corrected chi connectivity index (χ2v) is 5.64. The van der Waals surface area contributed by atoms with Crippen LogP contribution in [0.5, 0.6) is 5.75 Å². The Bertz CT molecular complexity index is 635. The van der Waals surface area contributed by atoms with E-state index in [4.69, 9.17) is 4.74 Å². The second-order valence-electron chi connectivity index (χ2n) is 4.78. The first-order valence-electron chi connectivity index (χ1n) is 6.88. The summed E-state index contributed by atoms with van der Waals surface area (Å²) in [5, 5.41) is 5.88. The minimum Gasteiger partial charge on any atom is -0.496 e. The molecule has 0 spiro atoms. The van der Waals surface area contributed by atoms with Gasteiger partial charge in [-0.05, 0) is 12.1 Å². The number of methoxy groups -OCH3 is 1. The van der Waals surface area contributed by atoms with E-state index in [9.17, 15) is 4.79 Å². The smallest absolute Gasteiger partial charge is 0.273 e. The minimum absolute atomic E-state index is 0.00824. The third kappa shape index (κ3) is 2.91. The molecule has 110 valence electrons. The van der Waals surface area contributed by atoms with Crippen molar-refractivity contribution in [2.24, 2.45) is 0 Å². The van der Waals surface area contributed by atoms with Gasteiger partial charge in [-0.15, -0.1) is 11.3 Å². The number of hydrogen-bond acceptors (Lipinski definition) is 5. The molecule has 1 fully saturated rings. The van der Waals surface area contributed by atoms with Gasteiger partial charge in [0.25, 0.3) is 5.91 Å². The number of ether oxygens (including phenoxy) is 1. The maximum atomic E-state index is 12.4. The van der Waals surface area contributed by atoms with E-state index in [0.29, 0.717) is 5.69 Å². The summed E-state index contributed by atoms with van der Waals surface area (Å²) in [6.45, 7) is 3.16. The van der Waals surface area contributed by atoms with E-state index in [1.54, 1.807) is 7.11 Å². The predicted octanol–water partition coefficient (Wildman–Crippen LogP) is 1.86. The van der Waals surface area contributed by atoms with Crippen LogP contribution in [-0.4, -0.2) is 49.1 Å². The van der Waals surface area contributed by atoms with E-state index in [1.807, 2.05) is 34.5 Å². The maximum Gasteiger partial charge on any atom is 0.273 e. The van der Waals surface area contributed by atoms with Crippen molar-refractivity contribution in [1.82, 2.24) is 15.2 Å². The molecule has 1 aromatic heterocycles. The molecular weight excluding hydrogens is 286 g/mol. The molecule has 1 aliphatic rings. The number of carbonyl (C=O) groups is 1. The predicted molar refractivity (Wildman–Crippen MR) is 82.9 cm³/mol. The van der Waals surface area contributed by atoms with Crippen molar-refractivity contribution < 1.29 is 9.53 Å². The zero-order valence-electron chi connectivity index (χ0n) is 11.8. The zero-order valence-corrected chi connectivity index (χ0v) is 12.7. The average Bonchev–Trinajstić information content (AvgIpc) is 3.04. The molecule has 1 aliphatic heterocycles. The summed E-state index contributed by atoms with van der Waals surface area (Å²) < 4.78 is 5.35. The van der Waals surface area contributed by atoms with Gasteiger partial charge in [0, 0.05) is 31.6 Å². The summed E-state index contributed by atoms with van der Waals surface area (Å²) in [6, 6.07) is 7.71. The number of nitrogens with zero attached hydrogens (tertiary/aromatic N) is 2. The molecule has 0 unspecified atom stereocenters. The molecule has 6 heteroatoms. The van der Waals surface area contributed by atoms with Gasteiger partial charge in [-0.1, -0.05) is 12.1 Å². The van der Waals surface area contributed by atoms with Crippen molar-refractivity contribution in [1.29, 1.82) is 0 Å². The number of amides is 1. The van der Waals surface area contributed by atoms with Gasteiger partial charge >= 0.3 is 0 Å². The van der Waals surface area contributed by atoms with Gasteiger partial charge in [-0.2, -0.15) is 0 Å². The Morgan fingerprint density at radius 3 is 2.86 bits per heavy atom. The van der Waals surface area contributed by atoms with Gasteiger partial charge in [-0.25, -0.2) is 4.98 Å². The van der Waals surface area contributed by atoms with Gasteiger partial charge in [0.15, 0.2) is 0 Å². The molecule has 0 aliphatic carbocycles. The average molecular weight is 303 g/mol. The van der Waals surface area contributed by atoms with Crippen LogP contribution in [0.25, 0.3) is 10.6 Å². The summed E-state index contributed by atoms with van der Waals surface area (Å²) in [5.41, 5.74) is 1.44. The summed E-state index contributed by atoms with van der Waals surface area (Å²) in [6.07, 6.45) is 0. The van der Waals surface area contributed by atoms with Crippen molar-refractivity contribution in [3.05, 3.63) is 35.3 Å². The molecule has 2 heterocycles. The van der Waals surface area contributed by atoms with Gasteiger partial charge in [-0.3, -0.25) is 4.79 Å². The first kappa shape index (κ1) is 14.0. The molecule has 1 saturated heterocycles. The zero-order chi connectivity index (χ0) is 14.7. The van der Waals surface area contributed by atoms with E-state index in [1.165, 1.54) is 11.3 Å². The summed E-state index contributed by atoms with van der Waals surface area (Å²) >= 11 is 1.47. The van der Waals surface area contributed by atoms with Gasteiger partial charge in [0.1, 0.15) is 16.5 Å². The van der Waals surface area contributed by atoms with Crippen LogP contribution in [0.3, 0.4) is 0 Å². The number of piperazine rings is 1. The van der Waals surface area contributed by atoms with E-state index < -0.39 is 0 Å². The Hall–Kier alpha value is -1.92. The molecule has 21 heavy (non-hydrogen) atoms. The lowest BCUT2D eigenvalue weighted by molar-refractivity contribution is 0.0731. The Morgan fingerprint density at radius 1 is 1.33 bits per heavy atom. The Balaban J connectivity index is 1.84. The number of para-hydroxylation sites is 1. The Labute approximate surface area is 127 Å². The van der Waals surface area contributed by atoms with Gasteiger partial charge < -0.3 is 15.0 Å². The van der Waals surface area contributed by atoms with Crippen molar-refractivity contribution in [3.8, 4) is 16.3 Å². The van der Waals surface area contributed by atoms with Gasteiger partial charge in [0.05, 0.1) is 12.7 Å². The number of thiazole rings is 1. The fourth-order valence-electron chi connectivity index (χ4n) is 2.35. The van der Waals surface area contributed by atoms with Crippen LogP contribution in [0.2, 0.25) is 0 Å². The molecule has 0 radical (unpaired) electrons. The molecule has 1 amide bonds. The number of benzene rings is 1. The highest BCUT2D eigenvalue weighted by Gasteiger charge is 2.21. The largest absolute Gasteiger partial charge is 0.496 e. The lowest BCUT2D eigenvalue weighted by atomic mass is 10.2. The molecule has 0 atom stereocenters. The van der Waals surface area contributed by atoms with Crippen LogP contribution in [-0.2, 0) is 0 Å². The highest BCUT2D eigenvalue weighted by atomic mass is 32.1. The molecule has 2 aromatic rings. The first-order chi connectivity index (χ1) is 10.3. The van der Waals surface area contributed by atoms with E-state index in [0.717, 1.165) is 42.5 Å². The highest BCUT2D eigenvalue weighted by Crippen LogP contribution is 2.32. The van der Waals surface area contributed by atoms with Crippen molar-refractivity contribution >= 4 is 17.2 Å². The summed E-state index contributed by atoms with van der Waals surface area (Å²) in [5.74, 6) is 0.780. The van der Waals surface area contributed by atoms with E-state index in [-0.39, 0.29) is 5.91 Å². The highest BCUT2D eigenvalue weighted by molar-refractivity contribution is 7.13. The monoisotopic (exact) mass is 303 g/mol. The minimum atomic E-state index is 0.00824. The normalized spacial score (nSPS) is 15.0. The molecule has 0 saturated carbocycles. The summed E-state index contributed by atoms with van der Waals surface area (Å²) in [7, 11) is 1.64. The third-order valence-corrected chi connectivity index (χ3v) is 4.34. The topological polar surface area (TPSA) is 54.5 Å². The van der Waals surface area contributed by atoms with E-state index in [2.05, 4.69) is 10.3 Å².